The van der Waals surface area contributed by atoms with Crippen molar-refractivity contribution < 1.29 is 37.0 Å². The minimum Gasteiger partial charge on any atom is -0.460 e. The summed E-state index contributed by atoms with van der Waals surface area (Å²) in [6.07, 6.45) is -0.793. The second-order valence-electron chi connectivity index (χ2n) is 10.5. The van der Waals surface area contributed by atoms with E-state index < -0.39 is 28.9 Å². The van der Waals surface area contributed by atoms with Crippen LogP contribution in [0.15, 0.2) is 35.2 Å². The number of imide groups is 1. The van der Waals surface area contributed by atoms with Crippen LogP contribution in [0.5, 0.6) is 5.75 Å². The van der Waals surface area contributed by atoms with Gasteiger partial charge < -0.3 is 14.4 Å². The molecule has 9 nitrogen and oxygen atoms in total. The Morgan fingerprint density at radius 2 is 1.88 bits per heavy atom. The zero-order valence-corrected chi connectivity index (χ0v) is 23.0. The van der Waals surface area contributed by atoms with Gasteiger partial charge in [0.05, 0.1) is 16.3 Å². The Bertz CT molecular complexity index is 1320. The van der Waals surface area contributed by atoms with Gasteiger partial charge >= 0.3 is 12.3 Å². The number of carbonyl (C=O) groups is 3. The largest absolute Gasteiger partial charge is 0.573 e. The highest BCUT2D eigenvalue weighted by Gasteiger charge is 2.31. The maximum Gasteiger partial charge on any atom is 0.573 e. The normalized spacial score (nSPS) is 17.8. The smallest absolute Gasteiger partial charge is 0.460 e. The Morgan fingerprint density at radius 1 is 1.15 bits per heavy atom. The molecule has 0 saturated carbocycles. The Hall–Kier alpha value is -3.61. The average Bonchev–Trinajstić information content (AvgIpc) is 3.17. The summed E-state index contributed by atoms with van der Waals surface area (Å²) >= 11 is 0.736. The van der Waals surface area contributed by atoms with Crippen LogP contribution in [0, 0.1) is 5.92 Å². The third-order valence-corrected chi connectivity index (χ3v) is 6.90. The maximum absolute atomic E-state index is 12.8. The number of hydrogen-bond donors (Lipinski definition) is 1. The van der Waals surface area contributed by atoms with Crippen molar-refractivity contribution in [3.63, 3.8) is 0 Å². The predicted octanol–water partition coefficient (Wildman–Crippen LogP) is 5.70. The fourth-order valence-corrected chi connectivity index (χ4v) is 5.03. The number of rotatable bonds is 7. The molecule has 2 amide bonds. The molecule has 0 spiro atoms. The maximum atomic E-state index is 12.8. The van der Waals surface area contributed by atoms with E-state index in [1.165, 1.54) is 30.3 Å². The van der Waals surface area contributed by atoms with Crippen molar-refractivity contribution in [2.75, 3.05) is 18.0 Å². The Kier molecular flexibility index (Phi) is 8.71. The van der Waals surface area contributed by atoms with Crippen LogP contribution >= 0.6 is 11.8 Å². The highest BCUT2D eigenvalue weighted by atomic mass is 32.2. The molecule has 1 N–H and O–H groups in total. The molecule has 1 aromatic carbocycles. The van der Waals surface area contributed by atoms with Gasteiger partial charge in [-0.15, -0.1) is 13.2 Å². The number of alkyl halides is 3. The third-order valence-electron chi connectivity index (χ3n) is 6.09. The highest BCUT2D eigenvalue weighted by Crippen LogP contribution is 2.32. The van der Waals surface area contributed by atoms with Gasteiger partial charge in [0, 0.05) is 25.1 Å². The zero-order valence-electron chi connectivity index (χ0n) is 22.2. The molecule has 1 aromatic heterocycles. The number of anilines is 1. The number of piperidine rings is 1. The van der Waals surface area contributed by atoms with E-state index in [0.717, 1.165) is 24.6 Å². The van der Waals surface area contributed by atoms with Crippen LogP contribution in [-0.4, -0.2) is 52.1 Å². The van der Waals surface area contributed by atoms with E-state index in [1.54, 1.807) is 6.07 Å². The SMILES string of the molecule is CC(C)(C)OC(=O)CCC1CCN(c2nc(/C=C3\SC(=O)NC3=O)cc(-c3cccc(OC(F)(F)F)c3)n2)CC1. The van der Waals surface area contributed by atoms with Gasteiger partial charge in [-0.3, -0.25) is 19.7 Å². The van der Waals surface area contributed by atoms with Crippen molar-refractivity contribution in [3.8, 4) is 17.0 Å². The molecule has 0 bridgehead atoms. The molecule has 2 fully saturated rings. The molecular weight excluding hydrogens is 549 g/mol. The number of nitrogens with zero attached hydrogens (tertiary/aromatic N) is 3. The number of hydrogen-bond acceptors (Lipinski definition) is 9. The lowest BCUT2D eigenvalue weighted by molar-refractivity contribution is -0.274. The fraction of sp³-hybridized carbons (Fsp3) is 0.444. The summed E-state index contributed by atoms with van der Waals surface area (Å²) in [4.78, 5) is 47.1. The van der Waals surface area contributed by atoms with Gasteiger partial charge in [0.15, 0.2) is 0 Å². The van der Waals surface area contributed by atoms with E-state index in [1.807, 2.05) is 25.7 Å². The number of esters is 1. The molecule has 4 rings (SSSR count). The molecule has 2 aliphatic heterocycles. The average molecular weight is 579 g/mol. The first-order valence-electron chi connectivity index (χ1n) is 12.7. The Morgan fingerprint density at radius 3 is 2.50 bits per heavy atom. The number of thioether (sulfide) groups is 1. The van der Waals surface area contributed by atoms with Crippen LogP contribution in [0.4, 0.5) is 23.9 Å². The molecule has 2 aliphatic rings. The van der Waals surface area contributed by atoms with Gasteiger partial charge in [0.1, 0.15) is 11.4 Å². The van der Waals surface area contributed by atoms with Gasteiger partial charge in [0.2, 0.25) is 5.95 Å². The first-order chi connectivity index (χ1) is 18.7. The minimum absolute atomic E-state index is 0.149. The zero-order chi connectivity index (χ0) is 29.1. The predicted molar refractivity (Wildman–Crippen MR) is 143 cm³/mol. The number of nitrogens with one attached hydrogen (secondary N) is 1. The van der Waals surface area contributed by atoms with Crippen LogP contribution in [0.1, 0.15) is 52.1 Å². The quantitative estimate of drug-likeness (QED) is 0.327. The summed E-state index contributed by atoms with van der Waals surface area (Å²) in [6, 6.07) is 6.96. The number of carbonyl (C=O) groups excluding carboxylic acids is 3. The molecule has 40 heavy (non-hydrogen) atoms. The molecule has 13 heteroatoms. The summed E-state index contributed by atoms with van der Waals surface area (Å²) in [6.45, 7) is 6.69. The lowest BCUT2D eigenvalue weighted by atomic mass is 9.92. The lowest BCUT2D eigenvalue weighted by Crippen LogP contribution is -2.35. The van der Waals surface area contributed by atoms with E-state index in [4.69, 9.17) is 4.74 Å². The van der Waals surface area contributed by atoms with Crippen molar-refractivity contribution in [1.82, 2.24) is 15.3 Å². The molecule has 0 atom stereocenters. The third kappa shape index (κ3) is 8.44. The van der Waals surface area contributed by atoms with Gasteiger partial charge in [-0.25, -0.2) is 9.97 Å². The lowest BCUT2D eigenvalue weighted by Gasteiger charge is -2.32. The number of benzene rings is 1. The second-order valence-corrected chi connectivity index (χ2v) is 11.5. The monoisotopic (exact) mass is 578 g/mol. The van der Waals surface area contributed by atoms with E-state index >= 15 is 0 Å². The number of amides is 2. The molecular formula is C27H29F3N4O5S. The molecule has 3 heterocycles. The van der Waals surface area contributed by atoms with Gasteiger partial charge in [-0.1, -0.05) is 12.1 Å². The van der Waals surface area contributed by atoms with E-state index in [9.17, 15) is 27.6 Å². The van der Waals surface area contributed by atoms with E-state index in [2.05, 4.69) is 20.0 Å². The summed E-state index contributed by atoms with van der Waals surface area (Å²) in [7, 11) is 0. The van der Waals surface area contributed by atoms with Crippen LogP contribution in [0.2, 0.25) is 0 Å². The Balaban J connectivity index is 1.55. The van der Waals surface area contributed by atoms with Crippen molar-refractivity contribution >= 4 is 40.9 Å². The van der Waals surface area contributed by atoms with E-state index in [0.29, 0.717) is 54.7 Å². The van der Waals surface area contributed by atoms with Gasteiger partial charge in [-0.05, 0) is 82.0 Å². The first-order valence-corrected chi connectivity index (χ1v) is 13.5. The summed E-state index contributed by atoms with van der Waals surface area (Å²) in [5.41, 5.74) is 0.476. The molecule has 214 valence electrons. The van der Waals surface area contributed by atoms with Crippen molar-refractivity contribution in [2.45, 2.75) is 58.4 Å². The van der Waals surface area contributed by atoms with Crippen LogP contribution in [-0.2, 0) is 14.3 Å². The van der Waals surface area contributed by atoms with Crippen molar-refractivity contribution in [3.05, 3.63) is 40.9 Å². The molecule has 0 radical (unpaired) electrons. The van der Waals surface area contributed by atoms with Crippen molar-refractivity contribution in [1.29, 1.82) is 0 Å². The van der Waals surface area contributed by atoms with Crippen molar-refractivity contribution in [2.24, 2.45) is 5.92 Å². The molecule has 2 saturated heterocycles. The molecule has 2 aromatic rings. The first kappa shape index (κ1) is 29.4. The van der Waals surface area contributed by atoms with Gasteiger partial charge in [0.25, 0.3) is 11.1 Å². The number of ether oxygens (including phenoxy) is 2. The van der Waals surface area contributed by atoms with Crippen LogP contribution in [0.25, 0.3) is 17.3 Å². The van der Waals surface area contributed by atoms with Gasteiger partial charge in [-0.2, -0.15) is 0 Å². The van der Waals surface area contributed by atoms with E-state index in [-0.39, 0.29) is 10.9 Å². The minimum atomic E-state index is -4.85. The number of aromatic nitrogens is 2. The molecule has 0 aliphatic carbocycles. The highest BCUT2D eigenvalue weighted by molar-refractivity contribution is 8.18. The second kappa shape index (κ2) is 11.9. The standard InChI is InChI=1S/C27H29F3N4O5S/c1-26(2,3)39-22(35)8-7-16-9-11-34(12-10-16)24-31-18(15-21-23(36)33-25(37)40-21)14-20(32-24)17-5-4-6-19(13-17)38-27(28,29)30/h4-6,13-16H,7-12H2,1-3H3,(H,33,36,37)/b21-15-. The van der Waals surface area contributed by atoms with Crippen LogP contribution < -0.4 is 15.0 Å². The Labute approximate surface area is 233 Å². The number of halogens is 3. The summed E-state index contributed by atoms with van der Waals surface area (Å²) in [5, 5.41) is 1.68. The summed E-state index contributed by atoms with van der Waals surface area (Å²) in [5.74, 6) is -0.524. The van der Waals surface area contributed by atoms with Crippen LogP contribution in [0.3, 0.4) is 0 Å². The molecule has 0 unspecified atom stereocenters. The summed E-state index contributed by atoms with van der Waals surface area (Å²) < 4.78 is 47.8. The fourth-order valence-electron chi connectivity index (χ4n) is 4.36. The topological polar surface area (TPSA) is 111 Å².